The molecule has 1 heterocycles. The topological polar surface area (TPSA) is 56.8 Å². The van der Waals surface area contributed by atoms with E-state index in [1.165, 1.54) is 6.08 Å². The number of rotatable bonds is 5. The summed E-state index contributed by atoms with van der Waals surface area (Å²) in [5, 5.41) is 2.95. The highest BCUT2D eigenvalue weighted by molar-refractivity contribution is 5.92. The summed E-state index contributed by atoms with van der Waals surface area (Å²) in [7, 11) is 1.61. The molecule has 5 nitrogen and oxygen atoms in total. The zero-order valence-corrected chi connectivity index (χ0v) is 14.3. The van der Waals surface area contributed by atoms with Crippen LogP contribution in [0.2, 0.25) is 0 Å². The third-order valence-electron chi connectivity index (χ3n) is 3.98. The van der Waals surface area contributed by atoms with Crippen LogP contribution in [0.15, 0.2) is 48.5 Å². The van der Waals surface area contributed by atoms with Crippen molar-refractivity contribution in [1.82, 2.24) is 5.32 Å². The molecule has 0 aromatic heterocycles. The second-order valence-electron chi connectivity index (χ2n) is 5.71. The van der Waals surface area contributed by atoms with Gasteiger partial charge < -0.3 is 19.5 Å². The summed E-state index contributed by atoms with van der Waals surface area (Å²) in [6.07, 6.45) is 3.25. The molecular weight excluding hydrogens is 318 g/mol. The highest BCUT2D eigenvalue weighted by atomic mass is 16.6. The number of fused-ring (bicyclic) bond motifs is 1. The molecule has 0 unspecified atom stereocenters. The van der Waals surface area contributed by atoms with Gasteiger partial charge in [-0.05, 0) is 36.8 Å². The van der Waals surface area contributed by atoms with E-state index < -0.39 is 0 Å². The Labute approximate surface area is 147 Å². The molecule has 25 heavy (non-hydrogen) atoms. The van der Waals surface area contributed by atoms with Crippen molar-refractivity contribution in [3.05, 3.63) is 59.7 Å². The van der Waals surface area contributed by atoms with Crippen LogP contribution in [0.4, 0.5) is 0 Å². The Balaban J connectivity index is 1.65. The molecule has 0 spiro atoms. The van der Waals surface area contributed by atoms with Crippen molar-refractivity contribution in [2.75, 3.05) is 20.3 Å². The highest BCUT2D eigenvalue weighted by Crippen LogP contribution is 2.32. The Morgan fingerprint density at radius 1 is 1.16 bits per heavy atom. The largest absolute Gasteiger partial charge is 0.496 e. The number of benzene rings is 2. The quantitative estimate of drug-likeness (QED) is 0.849. The van der Waals surface area contributed by atoms with Gasteiger partial charge in [-0.1, -0.05) is 24.3 Å². The molecule has 2 aromatic carbocycles. The fraction of sp³-hybridized carbons (Fsp3) is 0.250. The molecule has 1 aliphatic rings. The Bertz CT molecular complexity index is 785. The molecule has 130 valence electrons. The fourth-order valence-electron chi connectivity index (χ4n) is 2.64. The van der Waals surface area contributed by atoms with E-state index in [1.807, 2.05) is 49.4 Å². The fourth-order valence-corrected chi connectivity index (χ4v) is 2.64. The van der Waals surface area contributed by atoms with Gasteiger partial charge >= 0.3 is 0 Å². The van der Waals surface area contributed by atoms with Gasteiger partial charge in [-0.25, -0.2) is 0 Å². The summed E-state index contributed by atoms with van der Waals surface area (Å²) in [6, 6.07) is 13.1. The number of hydrogen-bond donors (Lipinski definition) is 1. The smallest absolute Gasteiger partial charge is 0.244 e. The van der Waals surface area contributed by atoms with Crippen LogP contribution in [-0.4, -0.2) is 26.2 Å². The molecule has 0 saturated heterocycles. The maximum atomic E-state index is 12.2. The van der Waals surface area contributed by atoms with Crippen LogP contribution in [0.3, 0.4) is 0 Å². The minimum atomic E-state index is -0.173. The molecule has 0 bridgehead atoms. The number of para-hydroxylation sites is 1. The molecule has 3 rings (SSSR count). The predicted octanol–water partition coefficient (Wildman–Crippen LogP) is 3.36. The lowest BCUT2D eigenvalue weighted by molar-refractivity contribution is -0.117. The number of carbonyl (C=O) groups is 1. The second kappa shape index (κ2) is 7.75. The van der Waals surface area contributed by atoms with Crippen molar-refractivity contribution >= 4 is 12.0 Å². The van der Waals surface area contributed by atoms with Crippen molar-refractivity contribution in [3.8, 4) is 17.2 Å². The minimum Gasteiger partial charge on any atom is -0.496 e. The van der Waals surface area contributed by atoms with Crippen molar-refractivity contribution in [2.24, 2.45) is 0 Å². The molecular formula is C20H21NO4. The SMILES string of the molecule is COc1ccccc1/C=C/C(=O)N[C@H](C)c1ccc2c(c1)OCCO2. The number of ether oxygens (including phenoxy) is 3. The standard InChI is InChI=1S/C20H21NO4/c1-14(16-7-9-18-19(13-16)25-12-11-24-18)21-20(22)10-8-15-5-3-4-6-17(15)23-2/h3-10,13-14H,11-12H2,1-2H3,(H,21,22)/b10-8+/t14-/m1/s1. The molecule has 1 amide bonds. The first-order valence-electron chi connectivity index (χ1n) is 8.18. The third-order valence-corrected chi connectivity index (χ3v) is 3.98. The van der Waals surface area contributed by atoms with E-state index in [0.29, 0.717) is 13.2 Å². The van der Waals surface area contributed by atoms with E-state index in [4.69, 9.17) is 14.2 Å². The van der Waals surface area contributed by atoms with E-state index in [2.05, 4.69) is 5.32 Å². The van der Waals surface area contributed by atoms with Gasteiger partial charge in [-0.2, -0.15) is 0 Å². The second-order valence-corrected chi connectivity index (χ2v) is 5.71. The summed E-state index contributed by atoms with van der Waals surface area (Å²) in [4.78, 5) is 12.2. The van der Waals surface area contributed by atoms with Crippen LogP contribution < -0.4 is 19.5 Å². The minimum absolute atomic E-state index is 0.148. The average molecular weight is 339 g/mol. The third kappa shape index (κ3) is 4.12. The molecule has 0 saturated carbocycles. The molecule has 1 atom stereocenters. The zero-order valence-electron chi connectivity index (χ0n) is 14.3. The van der Waals surface area contributed by atoms with Gasteiger partial charge in [0.05, 0.1) is 13.2 Å². The molecule has 0 aliphatic carbocycles. The van der Waals surface area contributed by atoms with Crippen LogP contribution in [-0.2, 0) is 4.79 Å². The van der Waals surface area contributed by atoms with Crippen LogP contribution in [0, 0.1) is 0 Å². The zero-order chi connectivity index (χ0) is 17.6. The summed E-state index contributed by atoms with van der Waals surface area (Å²) >= 11 is 0. The van der Waals surface area contributed by atoms with Gasteiger partial charge in [0.15, 0.2) is 11.5 Å². The summed E-state index contributed by atoms with van der Waals surface area (Å²) < 4.78 is 16.4. The van der Waals surface area contributed by atoms with Crippen LogP contribution in [0.1, 0.15) is 24.1 Å². The lowest BCUT2D eigenvalue weighted by Crippen LogP contribution is -2.25. The van der Waals surface area contributed by atoms with E-state index in [-0.39, 0.29) is 11.9 Å². The van der Waals surface area contributed by atoms with Crippen LogP contribution >= 0.6 is 0 Å². The Hall–Kier alpha value is -2.95. The lowest BCUT2D eigenvalue weighted by Gasteiger charge is -2.20. The first kappa shape index (κ1) is 16.9. The first-order chi connectivity index (χ1) is 12.2. The van der Waals surface area contributed by atoms with Crippen molar-refractivity contribution in [2.45, 2.75) is 13.0 Å². The molecule has 0 fully saturated rings. The average Bonchev–Trinajstić information content (AvgIpc) is 2.66. The monoisotopic (exact) mass is 339 g/mol. The number of methoxy groups -OCH3 is 1. The molecule has 1 aliphatic heterocycles. The maximum absolute atomic E-state index is 12.2. The first-order valence-corrected chi connectivity index (χ1v) is 8.18. The van der Waals surface area contributed by atoms with Gasteiger partial charge in [0.2, 0.25) is 5.91 Å². The predicted molar refractivity (Wildman–Crippen MR) is 96.0 cm³/mol. The van der Waals surface area contributed by atoms with Crippen molar-refractivity contribution in [1.29, 1.82) is 0 Å². The molecule has 2 aromatic rings. The van der Waals surface area contributed by atoms with E-state index in [0.717, 1.165) is 28.4 Å². The van der Waals surface area contributed by atoms with Crippen molar-refractivity contribution < 1.29 is 19.0 Å². The Morgan fingerprint density at radius 3 is 2.72 bits per heavy atom. The normalized spacial score (nSPS) is 14.2. The van der Waals surface area contributed by atoms with Gasteiger partial charge in [0, 0.05) is 11.6 Å². The number of amides is 1. The van der Waals surface area contributed by atoms with Gasteiger partial charge in [0.25, 0.3) is 0 Å². The Morgan fingerprint density at radius 2 is 1.92 bits per heavy atom. The summed E-state index contributed by atoms with van der Waals surface area (Å²) in [6.45, 7) is 3.03. The summed E-state index contributed by atoms with van der Waals surface area (Å²) in [5.74, 6) is 2.01. The van der Waals surface area contributed by atoms with E-state index in [9.17, 15) is 4.79 Å². The van der Waals surface area contributed by atoms with Crippen LogP contribution in [0.25, 0.3) is 6.08 Å². The number of nitrogens with one attached hydrogen (secondary N) is 1. The molecule has 1 N–H and O–H groups in total. The maximum Gasteiger partial charge on any atom is 0.244 e. The van der Waals surface area contributed by atoms with Gasteiger partial charge in [0.1, 0.15) is 19.0 Å². The van der Waals surface area contributed by atoms with Gasteiger partial charge in [-0.15, -0.1) is 0 Å². The number of hydrogen-bond acceptors (Lipinski definition) is 4. The highest BCUT2D eigenvalue weighted by Gasteiger charge is 2.15. The number of carbonyl (C=O) groups excluding carboxylic acids is 1. The lowest BCUT2D eigenvalue weighted by atomic mass is 10.1. The Kier molecular flexibility index (Phi) is 5.23. The van der Waals surface area contributed by atoms with Gasteiger partial charge in [-0.3, -0.25) is 4.79 Å². The molecule has 0 radical (unpaired) electrons. The van der Waals surface area contributed by atoms with E-state index in [1.54, 1.807) is 13.2 Å². The van der Waals surface area contributed by atoms with Crippen LogP contribution in [0.5, 0.6) is 17.2 Å². The summed E-state index contributed by atoms with van der Waals surface area (Å²) in [5.41, 5.74) is 1.82. The van der Waals surface area contributed by atoms with Crippen molar-refractivity contribution in [3.63, 3.8) is 0 Å². The molecule has 5 heteroatoms. The van der Waals surface area contributed by atoms with E-state index >= 15 is 0 Å².